The highest BCUT2D eigenvalue weighted by atomic mass is 32.2. The van der Waals surface area contributed by atoms with Crippen LogP contribution in [-0.4, -0.2) is 32.7 Å². The minimum atomic E-state index is -3.24. The average molecular weight is 324 g/mol. The van der Waals surface area contributed by atoms with Gasteiger partial charge in [-0.15, -0.1) is 0 Å². The fourth-order valence-corrected chi connectivity index (χ4v) is 3.93. The average Bonchev–Trinajstić information content (AvgIpc) is 2.91. The maximum absolute atomic E-state index is 12.2. The van der Waals surface area contributed by atoms with Crippen LogP contribution in [0.25, 0.3) is 0 Å². The van der Waals surface area contributed by atoms with Crippen molar-refractivity contribution in [1.29, 1.82) is 0 Å². The Morgan fingerprint density at radius 1 is 1.36 bits per heavy atom. The molecule has 1 atom stereocenters. The lowest BCUT2D eigenvalue weighted by Crippen LogP contribution is -2.32. The van der Waals surface area contributed by atoms with Crippen LogP contribution >= 0.6 is 0 Å². The summed E-state index contributed by atoms with van der Waals surface area (Å²) in [6, 6.07) is 5.41. The van der Waals surface area contributed by atoms with Gasteiger partial charge in [0.15, 0.2) is 0 Å². The van der Waals surface area contributed by atoms with Gasteiger partial charge in [0.2, 0.25) is 10.0 Å². The Bertz CT molecular complexity index is 655. The fourth-order valence-electron chi connectivity index (χ4n) is 2.77. The van der Waals surface area contributed by atoms with Crippen LogP contribution in [0.2, 0.25) is 0 Å². The minimum Gasteiger partial charge on any atom is -0.350 e. The van der Waals surface area contributed by atoms with Gasteiger partial charge in [-0.3, -0.25) is 9.10 Å². The maximum atomic E-state index is 12.2. The molecule has 6 heteroatoms. The number of nitrogens with zero attached hydrogens (tertiary/aromatic N) is 1. The van der Waals surface area contributed by atoms with Crippen LogP contribution in [0.4, 0.5) is 5.69 Å². The van der Waals surface area contributed by atoms with E-state index in [1.54, 1.807) is 19.1 Å². The van der Waals surface area contributed by atoms with Crippen LogP contribution in [0.15, 0.2) is 18.2 Å². The van der Waals surface area contributed by atoms with Crippen LogP contribution in [0.3, 0.4) is 0 Å². The molecule has 0 saturated carbocycles. The lowest BCUT2D eigenvalue weighted by molar-refractivity contribution is 0.0938. The molecule has 1 aromatic carbocycles. The number of amides is 1. The molecular weight excluding hydrogens is 300 g/mol. The highest BCUT2D eigenvalue weighted by Crippen LogP contribution is 2.31. The zero-order valence-electron chi connectivity index (χ0n) is 13.4. The fraction of sp³-hybridized carbons (Fsp3) is 0.562. The van der Waals surface area contributed by atoms with E-state index in [4.69, 9.17) is 0 Å². The molecule has 1 aliphatic heterocycles. The summed E-state index contributed by atoms with van der Waals surface area (Å²) in [6.07, 6.45) is 2.62. The lowest BCUT2D eigenvalue weighted by Gasteiger charge is -2.18. The van der Waals surface area contributed by atoms with Crippen LogP contribution in [-0.2, 0) is 16.4 Å². The van der Waals surface area contributed by atoms with Gasteiger partial charge in [-0.1, -0.05) is 13.3 Å². The molecule has 0 aliphatic carbocycles. The van der Waals surface area contributed by atoms with Crippen molar-refractivity contribution in [3.63, 3.8) is 0 Å². The minimum absolute atomic E-state index is 0.0865. The molecule has 0 spiro atoms. The third-order valence-corrected chi connectivity index (χ3v) is 5.77. The number of rotatable bonds is 6. The van der Waals surface area contributed by atoms with Crippen molar-refractivity contribution in [2.24, 2.45) is 0 Å². The van der Waals surface area contributed by atoms with Crippen molar-refractivity contribution in [2.45, 2.75) is 46.1 Å². The smallest absolute Gasteiger partial charge is 0.251 e. The number of nitrogens with one attached hydrogen (secondary N) is 1. The molecule has 0 saturated heterocycles. The number of fused-ring (bicyclic) bond motifs is 1. The van der Waals surface area contributed by atoms with Gasteiger partial charge in [0, 0.05) is 18.2 Å². The molecule has 1 unspecified atom stereocenters. The molecule has 1 amide bonds. The number of anilines is 1. The first-order chi connectivity index (χ1) is 10.4. The molecule has 0 fully saturated rings. The van der Waals surface area contributed by atoms with E-state index in [1.807, 2.05) is 13.0 Å². The Morgan fingerprint density at radius 3 is 2.73 bits per heavy atom. The van der Waals surface area contributed by atoms with E-state index < -0.39 is 10.0 Å². The van der Waals surface area contributed by atoms with Crippen molar-refractivity contribution >= 4 is 21.6 Å². The van der Waals surface area contributed by atoms with Gasteiger partial charge in [-0.2, -0.15) is 0 Å². The molecule has 5 nitrogen and oxygen atoms in total. The Kier molecular flexibility index (Phi) is 5.11. The topological polar surface area (TPSA) is 66.5 Å². The first-order valence-corrected chi connectivity index (χ1v) is 9.44. The zero-order valence-corrected chi connectivity index (χ0v) is 14.2. The maximum Gasteiger partial charge on any atom is 0.251 e. The highest BCUT2D eigenvalue weighted by molar-refractivity contribution is 7.92. The predicted octanol–water partition coefficient (Wildman–Crippen LogP) is 2.32. The number of benzene rings is 1. The molecule has 1 N–H and O–H groups in total. The summed E-state index contributed by atoms with van der Waals surface area (Å²) in [5, 5.41) is 2.97. The first kappa shape index (κ1) is 16.8. The molecule has 122 valence electrons. The number of sulfonamides is 1. The molecule has 0 aromatic heterocycles. The van der Waals surface area contributed by atoms with Crippen LogP contribution < -0.4 is 9.62 Å². The molecule has 22 heavy (non-hydrogen) atoms. The summed E-state index contributed by atoms with van der Waals surface area (Å²) in [4.78, 5) is 12.2. The molecule has 1 aromatic rings. The van der Waals surface area contributed by atoms with Crippen LogP contribution in [0.1, 0.15) is 49.5 Å². The van der Waals surface area contributed by atoms with E-state index in [2.05, 4.69) is 12.2 Å². The molecule has 1 aliphatic rings. The second-order valence-corrected chi connectivity index (χ2v) is 7.91. The van der Waals surface area contributed by atoms with Gasteiger partial charge in [-0.05, 0) is 50.5 Å². The number of hydrogen-bond donors (Lipinski definition) is 1. The van der Waals surface area contributed by atoms with Crippen molar-refractivity contribution in [3.8, 4) is 0 Å². The summed E-state index contributed by atoms with van der Waals surface area (Å²) in [5.74, 6) is -0.0102. The van der Waals surface area contributed by atoms with Crippen LogP contribution in [0, 0.1) is 0 Å². The van der Waals surface area contributed by atoms with Crippen molar-refractivity contribution < 1.29 is 13.2 Å². The third kappa shape index (κ3) is 3.43. The molecule has 1 heterocycles. The van der Waals surface area contributed by atoms with Crippen molar-refractivity contribution in [2.75, 3.05) is 16.6 Å². The molecular formula is C16H24N2O3S. The van der Waals surface area contributed by atoms with E-state index in [9.17, 15) is 13.2 Å². The Labute approximate surface area is 132 Å². The third-order valence-electron chi connectivity index (χ3n) is 3.99. The normalized spacial score (nSPS) is 15.5. The SMILES string of the molecule is CCCC(C)NC(=O)c1ccc2c(c1)CCN2S(=O)(=O)CC. The summed E-state index contributed by atoms with van der Waals surface area (Å²) in [6.45, 7) is 6.18. The summed E-state index contributed by atoms with van der Waals surface area (Å²) in [7, 11) is -3.24. The van der Waals surface area contributed by atoms with Gasteiger partial charge in [-0.25, -0.2) is 8.42 Å². The van der Waals surface area contributed by atoms with E-state index in [0.717, 1.165) is 18.4 Å². The summed E-state index contributed by atoms with van der Waals surface area (Å²) < 4.78 is 25.5. The van der Waals surface area contributed by atoms with E-state index in [1.165, 1.54) is 4.31 Å². The van der Waals surface area contributed by atoms with E-state index in [-0.39, 0.29) is 17.7 Å². The molecule has 0 radical (unpaired) electrons. The van der Waals surface area contributed by atoms with Gasteiger partial charge >= 0.3 is 0 Å². The second kappa shape index (κ2) is 6.69. The van der Waals surface area contributed by atoms with Gasteiger partial charge in [0.1, 0.15) is 0 Å². The van der Waals surface area contributed by atoms with Crippen molar-refractivity contribution in [3.05, 3.63) is 29.3 Å². The van der Waals surface area contributed by atoms with E-state index in [0.29, 0.717) is 24.2 Å². The molecule has 2 rings (SSSR count). The summed E-state index contributed by atoms with van der Waals surface area (Å²) in [5.41, 5.74) is 2.23. The van der Waals surface area contributed by atoms with Crippen molar-refractivity contribution in [1.82, 2.24) is 5.32 Å². The highest BCUT2D eigenvalue weighted by Gasteiger charge is 2.28. The van der Waals surface area contributed by atoms with E-state index >= 15 is 0 Å². The zero-order chi connectivity index (χ0) is 16.3. The lowest BCUT2D eigenvalue weighted by atomic mass is 10.1. The largest absolute Gasteiger partial charge is 0.350 e. The van der Waals surface area contributed by atoms with Gasteiger partial charge < -0.3 is 5.32 Å². The number of carbonyl (C=O) groups excluding carboxylic acids is 1. The summed E-state index contributed by atoms with van der Waals surface area (Å²) >= 11 is 0. The quantitative estimate of drug-likeness (QED) is 0.873. The Balaban J connectivity index is 2.19. The second-order valence-electron chi connectivity index (χ2n) is 5.73. The Morgan fingerprint density at radius 2 is 2.09 bits per heavy atom. The number of hydrogen-bond acceptors (Lipinski definition) is 3. The predicted molar refractivity (Wildman–Crippen MR) is 88.8 cm³/mol. The van der Waals surface area contributed by atoms with Gasteiger partial charge in [0.25, 0.3) is 5.91 Å². The van der Waals surface area contributed by atoms with Gasteiger partial charge in [0.05, 0.1) is 11.4 Å². The number of carbonyl (C=O) groups is 1. The standard InChI is InChI=1S/C16H24N2O3S/c1-4-6-12(3)17-16(19)14-7-8-15-13(11-14)9-10-18(15)22(20,21)5-2/h7-8,11-12H,4-6,9-10H2,1-3H3,(H,17,19). The molecule has 0 bridgehead atoms. The monoisotopic (exact) mass is 324 g/mol. The first-order valence-electron chi connectivity index (χ1n) is 7.83. The Hall–Kier alpha value is -1.56. The van der Waals surface area contributed by atoms with Crippen LogP contribution in [0.5, 0.6) is 0 Å².